The predicted molar refractivity (Wildman–Crippen MR) is 107 cm³/mol. The van der Waals surface area contributed by atoms with Crippen molar-refractivity contribution >= 4 is 34.2 Å². The molecule has 1 aliphatic carbocycles. The van der Waals surface area contributed by atoms with E-state index in [-0.39, 0.29) is 17.9 Å². The molecular weight excluding hydrogens is 376 g/mol. The highest BCUT2D eigenvalue weighted by Crippen LogP contribution is 2.46. The van der Waals surface area contributed by atoms with Gasteiger partial charge in [-0.3, -0.25) is 14.5 Å². The molecule has 2 heterocycles. The van der Waals surface area contributed by atoms with Crippen LogP contribution in [0.3, 0.4) is 0 Å². The van der Waals surface area contributed by atoms with Crippen LogP contribution in [0.25, 0.3) is 0 Å². The summed E-state index contributed by atoms with van der Waals surface area (Å²) in [5, 5.41) is 15.2. The fourth-order valence-corrected chi connectivity index (χ4v) is 5.71. The van der Waals surface area contributed by atoms with E-state index in [9.17, 15) is 19.6 Å². The molecule has 1 saturated heterocycles. The molecule has 8 heteroatoms. The first-order chi connectivity index (χ1) is 13.1. The number of hydrogen-bond donors (Lipinski definition) is 2. The second-order valence-electron chi connectivity index (χ2n) is 8.73. The molecule has 2 fully saturated rings. The molecule has 0 aromatic carbocycles. The van der Waals surface area contributed by atoms with Gasteiger partial charge in [-0.15, -0.1) is 11.3 Å². The molecule has 28 heavy (non-hydrogen) atoms. The highest BCUT2D eigenvalue weighted by molar-refractivity contribution is 7.16. The van der Waals surface area contributed by atoms with Crippen molar-refractivity contribution in [1.82, 2.24) is 10.2 Å². The maximum Gasteiger partial charge on any atom is 0.325 e. The topological polar surface area (TPSA) is 102 Å². The number of amides is 4. The first-order valence-corrected chi connectivity index (χ1v) is 10.4. The molecule has 1 saturated carbocycles. The molecule has 2 aliphatic rings. The molecule has 1 aromatic heterocycles. The number of nitriles is 1. The highest BCUT2D eigenvalue weighted by atomic mass is 32.1. The largest absolute Gasteiger partial charge is 0.325 e. The van der Waals surface area contributed by atoms with Crippen molar-refractivity contribution in [3.63, 3.8) is 0 Å². The molecule has 7 nitrogen and oxygen atoms in total. The van der Waals surface area contributed by atoms with E-state index in [1.165, 1.54) is 11.3 Å². The van der Waals surface area contributed by atoms with Crippen molar-refractivity contribution in [2.24, 2.45) is 11.3 Å². The molecule has 3 rings (SSSR count). The van der Waals surface area contributed by atoms with Crippen LogP contribution in [-0.4, -0.2) is 34.8 Å². The SMILES string of the molecule is CCc1cc(C#N)c(NC(=O)CN2C(=O)NC3(CC(C)CC(C)(C)C3)C2=O)s1. The Bertz CT molecular complexity index is 869. The van der Waals surface area contributed by atoms with Crippen molar-refractivity contribution in [1.29, 1.82) is 5.26 Å². The second kappa shape index (κ2) is 7.21. The fourth-order valence-electron chi connectivity index (χ4n) is 4.75. The number of carbonyl (C=O) groups is 3. The number of hydrogen-bond acceptors (Lipinski definition) is 5. The third-order valence-electron chi connectivity index (χ3n) is 5.43. The summed E-state index contributed by atoms with van der Waals surface area (Å²) >= 11 is 1.34. The molecule has 150 valence electrons. The van der Waals surface area contributed by atoms with Crippen LogP contribution >= 0.6 is 11.3 Å². The Morgan fingerprint density at radius 3 is 2.75 bits per heavy atom. The maximum atomic E-state index is 13.1. The number of rotatable bonds is 4. The first kappa shape index (κ1) is 20.3. The Balaban J connectivity index is 1.74. The van der Waals surface area contributed by atoms with E-state index >= 15 is 0 Å². The molecule has 2 atom stereocenters. The van der Waals surface area contributed by atoms with E-state index in [0.29, 0.717) is 29.3 Å². The molecule has 0 bridgehead atoms. The summed E-state index contributed by atoms with van der Waals surface area (Å²) in [6.07, 6.45) is 2.91. The van der Waals surface area contributed by atoms with Gasteiger partial charge in [-0.25, -0.2) is 4.79 Å². The summed E-state index contributed by atoms with van der Waals surface area (Å²) in [7, 11) is 0. The highest BCUT2D eigenvalue weighted by Gasteiger charge is 2.56. The van der Waals surface area contributed by atoms with Crippen LogP contribution in [0.1, 0.15) is 57.4 Å². The van der Waals surface area contributed by atoms with E-state index in [1.54, 1.807) is 6.07 Å². The summed E-state index contributed by atoms with van der Waals surface area (Å²) in [4.78, 5) is 40.1. The number of nitrogens with one attached hydrogen (secondary N) is 2. The molecule has 2 N–H and O–H groups in total. The van der Waals surface area contributed by atoms with Gasteiger partial charge in [0.2, 0.25) is 5.91 Å². The Morgan fingerprint density at radius 2 is 2.14 bits per heavy atom. The van der Waals surface area contributed by atoms with Crippen LogP contribution in [0.5, 0.6) is 0 Å². The van der Waals surface area contributed by atoms with Crippen LogP contribution in [0, 0.1) is 22.7 Å². The maximum absolute atomic E-state index is 13.1. The minimum atomic E-state index is -0.922. The summed E-state index contributed by atoms with van der Waals surface area (Å²) in [5.41, 5.74) is -0.588. The predicted octanol–water partition coefficient (Wildman–Crippen LogP) is 3.26. The van der Waals surface area contributed by atoms with Crippen molar-refractivity contribution in [2.45, 2.75) is 58.9 Å². The zero-order chi connectivity index (χ0) is 20.7. The number of imide groups is 1. The van der Waals surface area contributed by atoms with Gasteiger partial charge in [0, 0.05) is 4.88 Å². The Labute approximate surface area is 169 Å². The average Bonchev–Trinajstić information content (AvgIpc) is 3.07. The van der Waals surface area contributed by atoms with Crippen LogP contribution in [0.15, 0.2) is 6.07 Å². The van der Waals surface area contributed by atoms with Crippen LogP contribution in [0.2, 0.25) is 0 Å². The van der Waals surface area contributed by atoms with E-state index in [1.807, 2.05) is 6.92 Å². The normalized spacial score (nSPS) is 26.2. The van der Waals surface area contributed by atoms with Crippen molar-refractivity contribution in [3.8, 4) is 6.07 Å². The number of carbonyl (C=O) groups excluding carboxylic acids is 3. The monoisotopic (exact) mass is 402 g/mol. The molecule has 1 spiro atoms. The Morgan fingerprint density at radius 1 is 1.43 bits per heavy atom. The molecular formula is C20H26N4O3S. The minimum Gasteiger partial charge on any atom is -0.323 e. The smallest absolute Gasteiger partial charge is 0.323 e. The molecule has 0 radical (unpaired) electrons. The summed E-state index contributed by atoms with van der Waals surface area (Å²) in [6, 6.07) is 3.29. The third-order valence-corrected chi connectivity index (χ3v) is 6.63. The number of urea groups is 1. The van der Waals surface area contributed by atoms with Crippen molar-refractivity contribution in [2.75, 3.05) is 11.9 Å². The molecule has 1 aromatic rings. The van der Waals surface area contributed by atoms with Gasteiger partial charge in [0.25, 0.3) is 5.91 Å². The van der Waals surface area contributed by atoms with Crippen molar-refractivity contribution in [3.05, 3.63) is 16.5 Å². The van der Waals surface area contributed by atoms with Crippen molar-refractivity contribution < 1.29 is 14.4 Å². The molecule has 4 amide bonds. The van der Waals surface area contributed by atoms with Gasteiger partial charge in [-0.1, -0.05) is 27.7 Å². The number of nitrogens with zero attached hydrogens (tertiary/aromatic N) is 2. The minimum absolute atomic E-state index is 0.0614. The van der Waals surface area contributed by atoms with E-state index < -0.39 is 17.5 Å². The van der Waals surface area contributed by atoms with E-state index in [4.69, 9.17) is 0 Å². The van der Waals surface area contributed by atoms with E-state index in [2.05, 4.69) is 37.5 Å². The molecule has 1 aliphatic heterocycles. The average molecular weight is 403 g/mol. The van der Waals surface area contributed by atoms with Gasteiger partial charge in [0.15, 0.2) is 0 Å². The zero-order valence-corrected chi connectivity index (χ0v) is 17.5. The lowest BCUT2D eigenvalue weighted by Gasteiger charge is -2.43. The lowest BCUT2D eigenvalue weighted by molar-refractivity contribution is -0.136. The third kappa shape index (κ3) is 3.76. The van der Waals surface area contributed by atoms with Gasteiger partial charge in [0.05, 0.1) is 5.56 Å². The lowest BCUT2D eigenvalue weighted by atomic mass is 9.64. The summed E-state index contributed by atoms with van der Waals surface area (Å²) in [5.74, 6) is -0.503. The van der Waals surface area contributed by atoms with E-state index in [0.717, 1.165) is 22.6 Å². The second-order valence-corrected chi connectivity index (χ2v) is 9.86. The zero-order valence-electron chi connectivity index (χ0n) is 16.7. The Kier molecular flexibility index (Phi) is 5.24. The van der Waals surface area contributed by atoms with Gasteiger partial charge >= 0.3 is 6.03 Å². The fraction of sp³-hybridized carbons (Fsp3) is 0.600. The van der Waals surface area contributed by atoms with Gasteiger partial charge < -0.3 is 10.6 Å². The summed E-state index contributed by atoms with van der Waals surface area (Å²) in [6.45, 7) is 7.90. The van der Waals surface area contributed by atoms with Crippen LogP contribution in [-0.2, 0) is 16.0 Å². The van der Waals surface area contributed by atoms with Gasteiger partial charge in [0.1, 0.15) is 23.2 Å². The lowest BCUT2D eigenvalue weighted by Crippen LogP contribution is -2.54. The standard InChI is InChI=1S/C20H26N4O3S/c1-5-14-6-13(9-21)16(28-14)22-15(25)10-24-17(26)20(23-18(24)27)8-12(2)7-19(3,4)11-20/h6,12H,5,7-8,10-11H2,1-4H3,(H,22,25)(H,23,27). The van der Waals surface area contributed by atoms with Crippen LogP contribution < -0.4 is 10.6 Å². The quantitative estimate of drug-likeness (QED) is 0.755. The van der Waals surface area contributed by atoms with Crippen LogP contribution in [0.4, 0.5) is 9.80 Å². The number of aryl methyl sites for hydroxylation is 1. The summed E-state index contributed by atoms with van der Waals surface area (Å²) < 4.78 is 0. The first-order valence-electron chi connectivity index (χ1n) is 9.56. The van der Waals surface area contributed by atoms with Gasteiger partial charge in [-0.2, -0.15) is 5.26 Å². The number of anilines is 1. The Hall–Kier alpha value is -2.40. The number of thiophene rings is 1. The molecule has 2 unspecified atom stereocenters. The van der Waals surface area contributed by atoms with Gasteiger partial charge in [-0.05, 0) is 43.1 Å².